The van der Waals surface area contributed by atoms with E-state index < -0.39 is 23.4 Å². The summed E-state index contributed by atoms with van der Waals surface area (Å²) < 4.78 is 0. The van der Waals surface area contributed by atoms with Gasteiger partial charge in [0.15, 0.2) is 11.6 Å². The Hall–Kier alpha value is -4.36. The number of carbonyl (C=O) groups excluding carboxylic acids is 3. The quantitative estimate of drug-likeness (QED) is 0.391. The molecule has 1 N–H and O–H groups in total. The van der Waals surface area contributed by atoms with Crippen molar-refractivity contribution >= 4 is 40.6 Å². The zero-order chi connectivity index (χ0) is 25.1. The summed E-state index contributed by atoms with van der Waals surface area (Å²) in [6.07, 6.45) is 6.97. The zero-order valence-electron chi connectivity index (χ0n) is 19.6. The Morgan fingerprint density at radius 3 is 2.59 bits per heavy atom. The van der Waals surface area contributed by atoms with Crippen molar-refractivity contribution in [1.82, 2.24) is 9.88 Å². The number of thiophene rings is 1. The van der Waals surface area contributed by atoms with E-state index in [2.05, 4.69) is 10.3 Å². The van der Waals surface area contributed by atoms with Crippen molar-refractivity contribution < 1.29 is 14.4 Å². The Morgan fingerprint density at radius 1 is 0.946 bits per heavy atom. The van der Waals surface area contributed by atoms with Gasteiger partial charge in [-0.2, -0.15) is 0 Å². The molecule has 6 nitrogen and oxygen atoms in total. The van der Waals surface area contributed by atoms with Gasteiger partial charge in [-0.15, -0.1) is 11.3 Å². The van der Waals surface area contributed by atoms with Gasteiger partial charge in [0.05, 0.1) is 16.8 Å². The van der Waals surface area contributed by atoms with E-state index in [1.807, 2.05) is 77.2 Å². The van der Waals surface area contributed by atoms with Gasteiger partial charge >= 0.3 is 0 Å². The monoisotopic (exact) mass is 503 g/mol. The summed E-state index contributed by atoms with van der Waals surface area (Å²) in [5.41, 5.74) is 2.36. The van der Waals surface area contributed by atoms with Crippen LogP contribution in [0.15, 0.2) is 96.8 Å². The summed E-state index contributed by atoms with van der Waals surface area (Å²) in [6, 6.07) is 21.0. The number of Topliss-reactive ketones (excluding diaryl/α,β-unsaturated/α-hetero) is 2. The number of hydrogen-bond donors (Lipinski definition) is 1. The number of anilines is 1. The standard InChI is InChI=1S/C30H21N3O3S/c34-26(19-8-5-14-31-17-19)24-25(27(35)23-12-6-16-37-23)33-15-13-18-7-1-2-9-20(18)28(33)30(24)21-10-3-4-11-22(21)32-29(30)36/h1-17,24-25,28H,(H,32,36)/t24-,25-,28+,30+/m0/s1. The fraction of sp³-hybridized carbons (Fsp3) is 0.133. The van der Waals surface area contributed by atoms with Crippen molar-refractivity contribution in [3.8, 4) is 0 Å². The minimum atomic E-state index is -1.32. The highest BCUT2D eigenvalue weighted by atomic mass is 32.1. The third-order valence-corrected chi connectivity index (χ3v) is 8.72. The van der Waals surface area contributed by atoms with Crippen LogP contribution in [0.4, 0.5) is 5.69 Å². The van der Waals surface area contributed by atoms with Crippen molar-refractivity contribution in [2.24, 2.45) is 5.92 Å². The van der Waals surface area contributed by atoms with Crippen molar-refractivity contribution in [1.29, 1.82) is 0 Å². The minimum absolute atomic E-state index is 0.166. The highest BCUT2D eigenvalue weighted by Crippen LogP contribution is 2.62. The van der Waals surface area contributed by atoms with Crippen LogP contribution in [0.25, 0.3) is 6.08 Å². The third-order valence-electron chi connectivity index (χ3n) is 7.83. The lowest BCUT2D eigenvalue weighted by molar-refractivity contribution is -0.122. The van der Waals surface area contributed by atoms with E-state index in [1.165, 1.54) is 17.5 Å². The molecule has 7 heteroatoms. The second kappa shape index (κ2) is 8.08. The molecule has 4 atom stereocenters. The first kappa shape index (κ1) is 21.9. The minimum Gasteiger partial charge on any atom is -0.358 e. The normalized spacial score (nSPS) is 24.9. The molecule has 4 aromatic rings. The molecule has 3 aliphatic heterocycles. The molecule has 1 saturated heterocycles. The van der Waals surface area contributed by atoms with Crippen molar-refractivity contribution in [3.63, 3.8) is 0 Å². The lowest BCUT2D eigenvalue weighted by Gasteiger charge is -2.38. The number of aromatic nitrogens is 1. The maximum Gasteiger partial charge on any atom is 0.238 e. The largest absolute Gasteiger partial charge is 0.358 e. The summed E-state index contributed by atoms with van der Waals surface area (Å²) in [5, 5.41) is 4.91. The summed E-state index contributed by atoms with van der Waals surface area (Å²) in [5.74, 6) is -1.68. The Labute approximate surface area is 217 Å². The highest BCUT2D eigenvalue weighted by molar-refractivity contribution is 7.12. The average Bonchev–Trinajstić information content (AvgIpc) is 3.65. The molecule has 0 radical (unpaired) electrons. The van der Waals surface area contributed by atoms with Gasteiger partial charge in [-0.25, -0.2) is 0 Å². The number of para-hydroxylation sites is 1. The number of fused-ring (bicyclic) bond motifs is 6. The van der Waals surface area contributed by atoms with Crippen LogP contribution in [0.2, 0.25) is 0 Å². The van der Waals surface area contributed by atoms with E-state index in [-0.39, 0.29) is 17.5 Å². The first-order valence-electron chi connectivity index (χ1n) is 12.1. The predicted molar refractivity (Wildman–Crippen MR) is 141 cm³/mol. The Bertz CT molecular complexity index is 1600. The van der Waals surface area contributed by atoms with E-state index in [1.54, 1.807) is 24.4 Å². The summed E-state index contributed by atoms with van der Waals surface area (Å²) >= 11 is 1.35. The molecule has 7 rings (SSSR count). The second-order valence-electron chi connectivity index (χ2n) is 9.53. The molecule has 180 valence electrons. The highest BCUT2D eigenvalue weighted by Gasteiger charge is 2.70. The van der Waals surface area contributed by atoms with Crippen molar-refractivity contribution in [3.05, 3.63) is 124 Å². The number of nitrogens with zero attached hydrogens (tertiary/aromatic N) is 2. The molecule has 0 unspecified atom stereocenters. The molecule has 2 aromatic heterocycles. The average molecular weight is 504 g/mol. The Balaban J connectivity index is 1.56. The smallest absolute Gasteiger partial charge is 0.238 e. The number of carbonyl (C=O) groups is 3. The first-order valence-corrected chi connectivity index (χ1v) is 13.0. The van der Waals surface area contributed by atoms with Gasteiger partial charge in [-0.05, 0) is 52.4 Å². The van der Waals surface area contributed by atoms with E-state index in [0.717, 1.165) is 16.7 Å². The SMILES string of the molecule is O=C(c1cccs1)[C@@H]1[C@@H](C(=O)c2cccnc2)[C@@]2(C(=O)Nc3ccccc32)[C@H]2c3ccccc3C=CN12. The van der Waals surface area contributed by atoms with Crippen LogP contribution in [0, 0.1) is 5.92 Å². The van der Waals surface area contributed by atoms with Crippen LogP contribution < -0.4 is 5.32 Å². The topological polar surface area (TPSA) is 79.4 Å². The van der Waals surface area contributed by atoms with E-state index in [0.29, 0.717) is 16.1 Å². The molecule has 5 heterocycles. The molecule has 0 aliphatic carbocycles. The third kappa shape index (κ3) is 2.92. The van der Waals surface area contributed by atoms with Gasteiger partial charge in [-0.3, -0.25) is 19.4 Å². The van der Waals surface area contributed by atoms with Gasteiger partial charge in [0, 0.05) is 29.8 Å². The van der Waals surface area contributed by atoms with Crippen LogP contribution in [0.5, 0.6) is 0 Å². The van der Waals surface area contributed by atoms with Crippen LogP contribution in [0.3, 0.4) is 0 Å². The number of hydrogen-bond acceptors (Lipinski definition) is 6. The Kier molecular flexibility index (Phi) is 4.78. The molecule has 1 spiro atoms. The van der Waals surface area contributed by atoms with Gasteiger partial charge in [-0.1, -0.05) is 48.5 Å². The fourth-order valence-electron chi connectivity index (χ4n) is 6.42. The maximum absolute atomic E-state index is 14.5. The maximum atomic E-state index is 14.5. The summed E-state index contributed by atoms with van der Waals surface area (Å²) in [6.45, 7) is 0. The molecule has 1 fully saturated rings. The molecular weight excluding hydrogens is 482 g/mol. The molecule has 37 heavy (non-hydrogen) atoms. The van der Waals surface area contributed by atoms with E-state index in [4.69, 9.17) is 0 Å². The second-order valence-corrected chi connectivity index (χ2v) is 10.5. The molecule has 1 amide bonds. The number of amides is 1. The van der Waals surface area contributed by atoms with Gasteiger partial charge < -0.3 is 10.2 Å². The molecule has 2 aromatic carbocycles. The Morgan fingerprint density at radius 2 is 1.78 bits per heavy atom. The van der Waals surface area contributed by atoms with Gasteiger partial charge in [0.25, 0.3) is 0 Å². The number of benzene rings is 2. The zero-order valence-corrected chi connectivity index (χ0v) is 20.4. The molecule has 0 bridgehead atoms. The van der Waals surface area contributed by atoms with Crippen LogP contribution in [0.1, 0.15) is 42.8 Å². The number of rotatable bonds is 4. The lowest BCUT2D eigenvalue weighted by Crippen LogP contribution is -2.49. The first-order chi connectivity index (χ1) is 18.1. The fourth-order valence-corrected chi connectivity index (χ4v) is 7.12. The molecule has 0 saturated carbocycles. The van der Waals surface area contributed by atoms with E-state index in [9.17, 15) is 14.4 Å². The van der Waals surface area contributed by atoms with Crippen LogP contribution in [-0.4, -0.2) is 33.4 Å². The number of pyridine rings is 1. The van der Waals surface area contributed by atoms with Crippen molar-refractivity contribution in [2.45, 2.75) is 17.5 Å². The van der Waals surface area contributed by atoms with Crippen LogP contribution >= 0.6 is 11.3 Å². The molecule has 3 aliphatic rings. The lowest BCUT2D eigenvalue weighted by atomic mass is 9.63. The number of nitrogens with one attached hydrogen (secondary N) is 1. The predicted octanol–water partition coefficient (Wildman–Crippen LogP) is 5.12. The van der Waals surface area contributed by atoms with Crippen molar-refractivity contribution in [2.75, 3.05) is 5.32 Å². The summed E-state index contributed by atoms with van der Waals surface area (Å²) in [7, 11) is 0. The molecular formula is C30H21N3O3S. The van der Waals surface area contributed by atoms with Gasteiger partial charge in [0.2, 0.25) is 5.91 Å². The van der Waals surface area contributed by atoms with Crippen LogP contribution in [-0.2, 0) is 10.2 Å². The number of ketones is 2. The summed E-state index contributed by atoms with van der Waals surface area (Å²) in [4.78, 5) is 49.7. The van der Waals surface area contributed by atoms with E-state index >= 15 is 0 Å². The van der Waals surface area contributed by atoms with Gasteiger partial charge in [0.1, 0.15) is 11.5 Å².